The number of aliphatic carboxylic acids is 1. The molecule has 0 radical (unpaired) electrons. The second kappa shape index (κ2) is 16.0. The van der Waals surface area contributed by atoms with Crippen molar-refractivity contribution in [1.82, 2.24) is 4.90 Å². The van der Waals surface area contributed by atoms with E-state index in [1.807, 2.05) is 48.5 Å². The molecule has 0 bridgehead atoms. The van der Waals surface area contributed by atoms with Crippen molar-refractivity contribution in [1.29, 1.82) is 0 Å². The number of rotatable bonds is 15. The first-order valence-corrected chi connectivity index (χ1v) is 14.8. The zero-order valence-electron chi connectivity index (χ0n) is 24.0. The van der Waals surface area contributed by atoms with Crippen LogP contribution in [-0.2, 0) is 30.4 Å². The van der Waals surface area contributed by atoms with Crippen molar-refractivity contribution in [2.75, 3.05) is 32.1 Å². The maximum Gasteiger partial charge on any atom is 0.303 e. The van der Waals surface area contributed by atoms with Crippen LogP contribution in [0.5, 0.6) is 0 Å². The van der Waals surface area contributed by atoms with E-state index in [2.05, 4.69) is 10.2 Å². The smallest absolute Gasteiger partial charge is 0.303 e. The number of nitrogens with zero attached hydrogens (tertiary/aromatic N) is 1. The van der Waals surface area contributed by atoms with Crippen LogP contribution in [0.1, 0.15) is 86.9 Å². The maximum atomic E-state index is 12.4. The molecular formula is C32H44N2O7. The molecule has 2 saturated heterocycles. The molecule has 0 spiro atoms. The summed E-state index contributed by atoms with van der Waals surface area (Å²) in [7, 11) is 1.75. The van der Waals surface area contributed by atoms with Gasteiger partial charge in [0.05, 0.1) is 25.4 Å². The van der Waals surface area contributed by atoms with Crippen LogP contribution in [0.2, 0.25) is 0 Å². The highest BCUT2D eigenvalue weighted by Crippen LogP contribution is 2.39. The van der Waals surface area contributed by atoms with Crippen LogP contribution >= 0.6 is 0 Å². The first-order chi connectivity index (χ1) is 19.9. The van der Waals surface area contributed by atoms with E-state index in [0.29, 0.717) is 24.6 Å². The van der Waals surface area contributed by atoms with Gasteiger partial charge in [-0.05, 0) is 55.5 Å². The van der Waals surface area contributed by atoms with Crippen molar-refractivity contribution in [2.24, 2.45) is 0 Å². The van der Waals surface area contributed by atoms with E-state index in [0.717, 1.165) is 74.9 Å². The number of carboxylic acid groups (broad SMARTS) is 1. The first kappa shape index (κ1) is 31.1. The number of benzene rings is 2. The minimum atomic E-state index is -0.778. The molecular weight excluding hydrogens is 524 g/mol. The summed E-state index contributed by atoms with van der Waals surface area (Å²) in [6.07, 6.45) is 5.91. The van der Waals surface area contributed by atoms with Crippen LogP contribution in [-0.4, -0.2) is 65.9 Å². The highest BCUT2D eigenvalue weighted by Gasteiger charge is 2.35. The lowest BCUT2D eigenvalue weighted by molar-refractivity contribution is -0.253. The fourth-order valence-corrected chi connectivity index (χ4v) is 5.67. The molecule has 0 saturated carbocycles. The Balaban J connectivity index is 1.37. The summed E-state index contributed by atoms with van der Waals surface area (Å²) in [6.45, 7) is 2.57. The standard InChI is InChI=1S/C32H44N2O7/c1-39-22-27-7-6-18-34(27)20-28-19-29(24-12-10-23(21-35)11-13-24)41-32(40-28)25-14-16-26(17-15-25)33-30(36)8-4-2-3-5-9-31(37)38/h10-17,27-29,32,35H,2-9,18-22H2,1H3,(H,33,36)(H,37,38). The number of anilines is 1. The number of amides is 1. The molecule has 2 aromatic carbocycles. The summed E-state index contributed by atoms with van der Waals surface area (Å²) in [6, 6.07) is 15.9. The van der Waals surface area contributed by atoms with E-state index < -0.39 is 12.3 Å². The molecule has 2 heterocycles. The molecule has 41 heavy (non-hydrogen) atoms. The summed E-state index contributed by atoms with van der Waals surface area (Å²) >= 11 is 0. The fraction of sp³-hybridized carbons (Fsp3) is 0.562. The third-order valence-corrected chi connectivity index (χ3v) is 7.92. The van der Waals surface area contributed by atoms with Crippen molar-refractivity contribution in [3.8, 4) is 0 Å². The first-order valence-electron chi connectivity index (χ1n) is 14.8. The quantitative estimate of drug-likeness (QED) is 0.251. The molecule has 9 heteroatoms. The summed E-state index contributed by atoms with van der Waals surface area (Å²) in [4.78, 5) is 25.4. The van der Waals surface area contributed by atoms with Crippen LogP contribution in [0.3, 0.4) is 0 Å². The van der Waals surface area contributed by atoms with Crippen LogP contribution in [0.25, 0.3) is 0 Å². The monoisotopic (exact) mass is 568 g/mol. The van der Waals surface area contributed by atoms with Crippen LogP contribution in [0.4, 0.5) is 5.69 Å². The van der Waals surface area contributed by atoms with E-state index in [4.69, 9.17) is 19.3 Å². The number of carboxylic acids is 1. The number of aliphatic hydroxyl groups is 1. The zero-order valence-corrected chi connectivity index (χ0v) is 24.0. The molecule has 2 aromatic rings. The molecule has 4 atom stereocenters. The van der Waals surface area contributed by atoms with Crippen molar-refractivity contribution in [3.63, 3.8) is 0 Å². The number of nitrogens with one attached hydrogen (secondary N) is 1. The van der Waals surface area contributed by atoms with Gasteiger partial charge in [0, 0.05) is 50.2 Å². The van der Waals surface area contributed by atoms with Crippen LogP contribution in [0.15, 0.2) is 48.5 Å². The molecule has 0 aromatic heterocycles. The predicted octanol–water partition coefficient (Wildman–Crippen LogP) is 5.20. The van der Waals surface area contributed by atoms with Crippen molar-refractivity contribution < 1.29 is 34.0 Å². The largest absolute Gasteiger partial charge is 0.481 e. The minimum absolute atomic E-state index is 0.00565. The Labute approximate surface area is 242 Å². The van der Waals surface area contributed by atoms with Gasteiger partial charge in [0.2, 0.25) is 5.91 Å². The highest BCUT2D eigenvalue weighted by atomic mass is 16.7. The third kappa shape index (κ3) is 9.61. The number of hydrogen-bond acceptors (Lipinski definition) is 7. The molecule has 2 aliphatic heterocycles. The minimum Gasteiger partial charge on any atom is -0.481 e. The molecule has 2 fully saturated rings. The Bertz CT molecular complexity index is 1090. The number of carbonyl (C=O) groups is 2. The SMILES string of the molecule is COCC1CCCN1CC1CC(c2ccc(CO)cc2)OC(c2ccc(NC(=O)CCCCCCC(=O)O)cc2)O1. The number of unbranched alkanes of at least 4 members (excludes halogenated alkanes) is 3. The van der Waals surface area contributed by atoms with Crippen LogP contribution < -0.4 is 5.32 Å². The van der Waals surface area contributed by atoms with E-state index in [1.165, 1.54) is 0 Å². The lowest BCUT2D eigenvalue weighted by Crippen LogP contribution is -2.42. The maximum absolute atomic E-state index is 12.4. The number of likely N-dealkylation sites (tertiary alicyclic amines) is 1. The third-order valence-electron chi connectivity index (χ3n) is 7.92. The average molecular weight is 569 g/mol. The van der Waals surface area contributed by atoms with Gasteiger partial charge >= 0.3 is 5.97 Å². The van der Waals surface area contributed by atoms with Gasteiger partial charge in [0.25, 0.3) is 0 Å². The number of hydrogen-bond donors (Lipinski definition) is 3. The number of aliphatic hydroxyl groups excluding tert-OH is 1. The van der Waals surface area contributed by atoms with Gasteiger partial charge in [-0.2, -0.15) is 0 Å². The second-order valence-corrected chi connectivity index (χ2v) is 11.1. The molecule has 0 aliphatic carbocycles. The van der Waals surface area contributed by atoms with Gasteiger partial charge in [-0.1, -0.05) is 49.2 Å². The van der Waals surface area contributed by atoms with Crippen LogP contribution in [0, 0.1) is 0 Å². The predicted molar refractivity (Wildman–Crippen MR) is 155 cm³/mol. The van der Waals surface area contributed by atoms with E-state index in [1.54, 1.807) is 7.11 Å². The summed E-state index contributed by atoms with van der Waals surface area (Å²) in [5, 5.41) is 21.1. The highest BCUT2D eigenvalue weighted by molar-refractivity contribution is 5.90. The van der Waals surface area contributed by atoms with Gasteiger partial charge < -0.3 is 29.7 Å². The Morgan fingerprint density at radius 3 is 2.37 bits per heavy atom. The number of ether oxygens (including phenoxy) is 3. The lowest BCUT2D eigenvalue weighted by Gasteiger charge is -2.38. The van der Waals surface area contributed by atoms with Gasteiger partial charge in [-0.25, -0.2) is 0 Å². The second-order valence-electron chi connectivity index (χ2n) is 11.1. The molecule has 4 unspecified atom stereocenters. The topological polar surface area (TPSA) is 118 Å². The Morgan fingerprint density at radius 1 is 0.976 bits per heavy atom. The van der Waals surface area contributed by atoms with Gasteiger partial charge in [-0.15, -0.1) is 0 Å². The van der Waals surface area contributed by atoms with Gasteiger partial charge in [0.1, 0.15) is 0 Å². The molecule has 3 N–H and O–H groups in total. The normalized spacial score (nSPS) is 23.0. The molecule has 4 rings (SSSR count). The molecule has 2 aliphatic rings. The fourth-order valence-electron chi connectivity index (χ4n) is 5.67. The van der Waals surface area contributed by atoms with Crippen molar-refractivity contribution in [3.05, 3.63) is 65.2 Å². The number of carbonyl (C=O) groups excluding carboxylic acids is 1. The number of methoxy groups -OCH3 is 1. The molecule has 9 nitrogen and oxygen atoms in total. The lowest BCUT2D eigenvalue weighted by atomic mass is 9.99. The summed E-state index contributed by atoms with van der Waals surface area (Å²) in [5.74, 6) is -0.830. The van der Waals surface area contributed by atoms with E-state index in [-0.39, 0.29) is 31.1 Å². The van der Waals surface area contributed by atoms with Gasteiger partial charge in [0.15, 0.2) is 6.29 Å². The van der Waals surface area contributed by atoms with Crippen molar-refractivity contribution in [2.45, 2.75) is 88.9 Å². The Hall–Kier alpha value is -2.82. The zero-order chi connectivity index (χ0) is 29.0. The van der Waals surface area contributed by atoms with E-state index in [9.17, 15) is 14.7 Å². The summed E-state index contributed by atoms with van der Waals surface area (Å²) < 4.78 is 18.4. The average Bonchev–Trinajstić information content (AvgIpc) is 3.41. The Kier molecular flexibility index (Phi) is 12.1. The van der Waals surface area contributed by atoms with Crippen molar-refractivity contribution >= 4 is 17.6 Å². The molecule has 224 valence electrons. The van der Waals surface area contributed by atoms with E-state index >= 15 is 0 Å². The summed E-state index contributed by atoms with van der Waals surface area (Å²) in [5.41, 5.74) is 3.52. The molecule has 1 amide bonds. The van der Waals surface area contributed by atoms with Gasteiger partial charge in [-0.3, -0.25) is 14.5 Å². The Morgan fingerprint density at radius 2 is 1.68 bits per heavy atom.